The summed E-state index contributed by atoms with van der Waals surface area (Å²) in [6.07, 6.45) is 2.28. The van der Waals surface area contributed by atoms with Crippen molar-refractivity contribution in [1.82, 2.24) is 15.1 Å². The van der Waals surface area contributed by atoms with Crippen LogP contribution in [0.1, 0.15) is 18.4 Å². The fraction of sp³-hybridized carbons (Fsp3) is 0.684. The summed E-state index contributed by atoms with van der Waals surface area (Å²) in [5.74, 6) is 0.535. The maximum absolute atomic E-state index is 13.4. The molecule has 1 N–H and O–H groups in total. The lowest BCUT2D eigenvalue weighted by molar-refractivity contribution is 0.0318. The van der Waals surface area contributed by atoms with Crippen LogP contribution in [-0.4, -0.2) is 75.4 Å². The summed E-state index contributed by atoms with van der Waals surface area (Å²) < 4.78 is 24.2. The minimum atomic E-state index is -0.212. The molecule has 0 bridgehead atoms. The number of methoxy groups -OCH3 is 1. The molecular weight excluding hydrogens is 321 g/mol. The number of rotatable bonds is 7. The highest BCUT2D eigenvalue weighted by Gasteiger charge is 2.20. The molecule has 2 fully saturated rings. The molecule has 25 heavy (non-hydrogen) atoms. The second kappa shape index (κ2) is 9.48. The number of benzene rings is 1. The average Bonchev–Trinajstić information content (AvgIpc) is 2.66. The average molecular weight is 351 g/mol. The highest BCUT2D eigenvalue weighted by molar-refractivity contribution is 5.33. The Morgan fingerprint density at radius 3 is 2.48 bits per heavy atom. The second-order valence-electron chi connectivity index (χ2n) is 6.91. The van der Waals surface area contributed by atoms with Crippen LogP contribution in [0.15, 0.2) is 18.2 Å². The van der Waals surface area contributed by atoms with Gasteiger partial charge >= 0.3 is 0 Å². The highest BCUT2D eigenvalue weighted by Crippen LogP contribution is 2.20. The largest absolute Gasteiger partial charge is 0.496 e. The van der Waals surface area contributed by atoms with E-state index in [9.17, 15) is 4.39 Å². The van der Waals surface area contributed by atoms with Gasteiger partial charge in [0, 0.05) is 44.3 Å². The second-order valence-corrected chi connectivity index (χ2v) is 6.91. The standard InChI is InChI=1S/C19H30FN3O2/c1-24-19-3-2-17(20)14-16(19)15-21-18-4-6-22(7-5-18)8-9-23-10-12-25-13-11-23/h2-3,14,18,21H,4-13,15H2,1H3. The minimum Gasteiger partial charge on any atom is -0.496 e. The molecule has 0 spiro atoms. The van der Waals surface area contributed by atoms with Gasteiger partial charge in [0.1, 0.15) is 11.6 Å². The quantitative estimate of drug-likeness (QED) is 0.810. The zero-order valence-electron chi connectivity index (χ0n) is 15.2. The van der Waals surface area contributed by atoms with Crippen molar-refractivity contribution in [3.8, 4) is 5.75 Å². The fourth-order valence-electron chi connectivity index (χ4n) is 3.61. The van der Waals surface area contributed by atoms with E-state index < -0.39 is 0 Å². The summed E-state index contributed by atoms with van der Waals surface area (Å²) in [5, 5.41) is 3.57. The number of nitrogens with one attached hydrogen (secondary N) is 1. The summed E-state index contributed by atoms with van der Waals surface area (Å²) in [7, 11) is 1.63. The van der Waals surface area contributed by atoms with E-state index >= 15 is 0 Å². The van der Waals surface area contributed by atoms with Crippen LogP contribution in [0.5, 0.6) is 5.75 Å². The molecule has 2 heterocycles. The van der Waals surface area contributed by atoms with Gasteiger partial charge in [0.25, 0.3) is 0 Å². The molecule has 0 aromatic heterocycles. The SMILES string of the molecule is COc1ccc(F)cc1CNC1CCN(CCN2CCOCC2)CC1. The third kappa shape index (κ3) is 5.64. The van der Waals surface area contributed by atoms with E-state index in [-0.39, 0.29) is 5.82 Å². The third-order valence-electron chi connectivity index (χ3n) is 5.25. The molecule has 2 aliphatic heterocycles. The molecule has 0 saturated carbocycles. The lowest BCUT2D eigenvalue weighted by Crippen LogP contribution is -2.46. The molecule has 0 unspecified atom stereocenters. The van der Waals surface area contributed by atoms with E-state index in [4.69, 9.17) is 9.47 Å². The Morgan fingerprint density at radius 2 is 1.80 bits per heavy atom. The summed E-state index contributed by atoms with van der Waals surface area (Å²) in [6.45, 7) is 9.06. The van der Waals surface area contributed by atoms with Gasteiger partial charge in [-0.25, -0.2) is 4.39 Å². The molecule has 5 nitrogen and oxygen atoms in total. The van der Waals surface area contributed by atoms with Gasteiger partial charge in [-0.05, 0) is 44.1 Å². The number of halogens is 1. The predicted molar refractivity (Wildman–Crippen MR) is 96.5 cm³/mol. The van der Waals surface area contributed by atoms with Crippen molar-refractivity contribution in [3.63, 3.8) is 0 Å². The van der Waals surface area contributed by atoms with E-state index in [0.717, 1.165) is 76.6 Å². The van der Waals surface area contributed by atoms with Crippen LogP contribution in [-0.2, 0) is 11.3 Å². The Balaban J connectivity index is 1.37. The normalized spacial score (nSPS) is 20.7. The summed E-state index contributed by atoms with van der Waals surface area (Å²) in [5.41, 5.74) is 0.886. The maximum atomic E-state index is 13.4. The Hall–Kier alpha value is -1.21. The van der Waals surface area contributed by atoms with Crippen molar-refractivity contribution in [2.24, 2.45) is 0 Å². The first-order chi connectivity index (χ1) is 12.2. The molecular formula is C19H30FN3O2. The predicted octanol–water partition coefficient (Wildman–Crippen LogP) is 1.72. The summed E-state index contributed by atoms with van der Waals surface area (Å²) in [6, 6.07) is 5.19. The molecule has 140 valence electrons. The Kier molecular flexibility index (Phi) is 7.04. The van der Waals surface area contributed by atoms with Gasteiger partial charge in [0.15, 0.2) is 0 Å². The number of hydrogen-bond donors (Lipinski definition) is 1. The lowest BCUT2D eigenvalue weighted by atomic mass is 10.0. The molecule has 2 aliphatic rings. The highest BCUT2D eigenvalue weighted by atomic mass is 19.1. The Bertz CT molecular complexity index is 529. The number of nitrogens with zero attached hydrogens (tertiary/aromatic N) is 2. The Labute approximate surface area is 150 Å². The molecule has 1 aromatic carbocycles. The molecule has 0 atom stereocenters. The molecule has 0 radical (unpaired) electrons. The van der Waals surface area contributed by atoms with E-state index in [0.29, 0.717) is 12.6 Å². The first-order valence-electron chi connectivity index (χ1n) is 9.33. The van der Waals surface area contributed by atoms with Crippen LogP contribution in [0.3, 0.4) is 0 Å². The molecule has 6 heteroatoms. The summed E-state index contributed by atoms with van der Waals surface area (Å²) >= 11 is 0. The van der Waals surface area contributed by atoms with E-state index in [1.807, 2.05) is 0 Å². The zero-order chi connectivity index (χ0) is 17.5. The van der Waals surface area contributed by atoms with Gasteiger partial charge in [0.05, 0.1) is 20.3 Å². The van der Waals surface area contributed by atoms with Crippen LogP contribution in [0, 0.1) is 5.82 Å². The molecule has 2 saturated heterocycles. The number of likely N-dealkylation sites (tertiary alicyclic amines) is 1. The Morgan fingerprint density at radius 1 is 1.12 bits per heavy atom. The van der Waals surface area contributed by atoms with Gasteiger partial charge in [-0.1, -0.05) is 0 Å². The van der Waals surface area contributed by atoms with Crippen LogP contribution in [0.4, 0.5) is 4.39 Å². The minimum absolute atomic E-state index is 0.212. The topological polar surface area (TPSA) is 37.0 Å². The van der Waals surface area contributed by atoms with Gasteiger partial charge < -0.3 is 19.7 Å². The van der Waals surface area contributed by atoms with Crippen molar-refractivity contribution in [2.75, 3.05) is 59.6 Å². The van der Waals surface area contributed by atoms with Crippen LogP contribution >= 0.6 is 0 Å². The van der Waals surface area contributed by atoms with Crippen molar-refractivity contribution in [1.29, 1.82) is 0 Å². The molecule has 1 aromatic rings. The van der Waals surface area contributed by atoms with Crippen molar-refractivity contribution < 1.29 is 13.9 Å². The van der Waals surface area contributed by atoms with Crippen molar-refractivity contribution >= 4 is 0 Å². The maximum Gasteiger partial charge on any atom is 0.123 e. The number of ether oxygens (including phenoxy) is 2. The van der Waals surface area contributed by atoms with Gasteiger partial charge in [-0.15, -0.1) is 0 Å². The summed E-state index contributed by atoms with van der Waals surface area (Å²) in [4.78, 5) is 5.04. The first kappa shape index (κ1) is 18.6. The van der Waals surface area contributed by atoms with Crippen LogP contribution in [0.2, 0.25) is 0 Å². The molecule has 3 rings (SSSR count). The van der Waals surface area contributed by atoms with E-state index in [1.165, 1.54) is 6.07 Å². The number of piperidine rings is 1. The van der Waals surface area contributed by atoms with Gasteiger partial charge in [-0.2, -0.15) is 0 Å². The van der Waals surface area contributed by atoms with Crippen LogP contribution < -0.4 is 10.1 Å². The van der Waals surface area contributed by atoms with Crippen LogP contribution in [0.25, 0.3) is 0 Å². The van der Waals surface area contributed by atoms with Gasteiger partial charge in [0.2, 0.25) is 0 Å². The lowest BCUT2D eigenvalue weighted by Gasteiger charge is -2.34. The number of hydrogen-bond acceptors (Lipinski definition) is 5. The monoisotopic (exact) mass is 351 g/mol. The molecule has 0 aliphatic carbocycles. The van der Waals surface area contributed by atoms with E-state index in [1.54, 1.807) is 19.2 Å². The van der Waals surface area contributed by atoms with Crippen molar-refractivity contribution in [3.05, 3.63) is 29.6 Å². The smallest absolute Gasteiger partial charge is 0.123 e. The first-order valence-corrected chi connectivity index (χ1v) is 9.33. The van der Waals surface area contributed by atoms with Gasteiger partial charge in [-0.3, -0.25) is 4.90 Å². The molecule has 0 amide bonds. The van der Waals surface area contributed by atoms with Crippen molar-refractivity contribution in [2.45, 2.75) is 25.4 Å². The fourth-order valence-corrected chi connectivity index (χ4v) is 3.61. The van der Waals surface area contributed by atoms with E-state index in [2.05, 4.69) is 15.1 Å². The zero-order valence-corrected chi connectivity index (χ0v) is 15.2. The number of morpholine rings is 1. The third-order valence-corrected chi connectivity index (χ3v) is 5.25.